The van der Waals surface area contributed by atoms with Gasteiger partial charge in [0.05, 0.1) is 11.6 Å². The summed E-state index contributed by atoms with van der Waals surface area (Å²) in [6.45, 7) is 1.44. The minimum atomic E-state index is -0.112. The molecule has 0 unspecified atom stereocenters. The Morgan fingerprint density at radius 2 is 2.14 bits per heavy atom. The Hall–Kier alpha value is -1.16. The van der Waals surface area contributed by atoms with Crippen LogP contribution in [0.3, 0.4) is 0 Å². The summed E-state index contributed by atoms with van der Waals surface area (Å²) in [5.74, 6) is 0.374. The Kier molecular flexibility index (Phi) is 3.41. The molecule has 0 aliphatic heterocycles. The second-order valence-corrected chi connectivity index (χ2v) is 3.55. The maximum absolute atomic E-state index is 11.2. The zero-order chi connectivity index (χ0) is 10.7. The van der Waals surface area contributed by atoms with Crippen LogP contribution in [-0.2, 0) is 0 Å². The molecule has 0 aliphatic carbocycles. The van der Waals surface area contributed by atoms with Crippen LogP contribution in [0.15, 0.2) is 16.6 Å². The number of hydrogen-bond donors (Lipinski definition) is 0. The second-order valence-electron chi connectivity index (χ2n) is 2.76. The third-order valence-corrected chi connectivity index (χ3v) is 2.61. The summed E-state index contributed by atoms with van der Waals surface area (Å²) in [7, 11) is 1.48. The zero-order valence-corrected chi connectivity index (χ0v) is 9.42. The first-order chi connectivity index (χ1) is 6.60. The van der Waals surface area contributed by atoms with Gasteiger partial charge in [-0.1, -0.05) is 0 Å². The van der Waals surface area contributed by atoms with E-state index in [2.05, 4.69) is 15.9 Å². The van der Waals surface area contributed by atoms with Crippen molar-refractivity contribution < 1.29 is 14.3 Å². The van der Waals surface area contributed by atoms with Crippen molar-refractivity contribution in [1.29, 1.82) is 0 Å². The fraction of sp³-hybridized carbons (Fsp3) is 0.200. The normalized spacial score (nSPS) is 9.64. The molecule has 0 heterocycles. The lowest BCUT2D eigenvalue weighted by Gasteiger charge is -2.07. The molecule has 0 amide bonds. The maximum atomic E-state index is 11.2. The average molecular weight is 257 g/mol. The predicted octanol–water partition coefficient (Wildman–Crippen LogP) is 2.47. The quantitative estimate of drug-likeness (QED) is 0.617. The van der Waals surface area contributed by atoms with Crippen LogP contribution >= 0.6 is 15.9 Å². The van der Waals surface area contributed by atoms with Crippen LogP contribution in [0.25, 0.3) is 0 Å². The summed E-state index contributed by atoms with van der Waals surface area (Å²) in [5, 5.41) is 0. The number of carbonyl (C=O) groups is 2. The van der Waals surface area contributed by atoms with Gasteiger partial charge in [-0.3, -0.25) is 9.59 Å². The third kappa shape index (κ3) is 2.01. The fourth-order valence-corrected chi connectivity index (χ4v) is 1.76. The minimum Gasteiger partial charge on any atom is -0.496 e. The topological polar surface area (TPSA) is 43.4 Å². The number of ether oxygens (including phenoxy) is 1. The summed E-state index contributed by atoms with van der Waals surface area (Å²) >= 11 is 3.24. The number of carbonyl (C=O) groups excluding carboxylic acids is 2. The van der Waals surface area contributed by atoms with Crippen molar-refractivity contribution in [3.63, 3.8) is 0 Å². The largest absolute Gasteiger partial charge is 0.496 e. The van der Waals surface area contributed by atoms with Gasteiger partial charge in [-0.05, 0) is 35.0 Å². The summed E-state index contributed by atoms with van der Waals surface area (Å²) in [5.41, 5.74) is 0.877. The van der Waals surface area contributed by atoms with Gasteiger partial charge in [0.2, 0.25) is 0 Å². The molecule has 0 spiro atoms. The number of hydrogen-bond acceptors (Lipinski definition) is 3. The predicted molar refractivity (Wildman–Crippen MR) is 56.1 cm³/mol. The van der Waals surface area contributed by atoms with E-state index in [0.29, 0.717) is 27.6 Å². The number of methoxy groups -OCH3 is 1. The first-order valence-electron chi connectivity index (χ1n) is 3.93. The molecule has 0 radical (unpaired) electrons. The number of Topliss-reactive ketones (excluding diaryl/α,β-unsaturated/α-hetero) is 1. The van der Waals surface area contributed by atoms with Gasteiger partial charge in [0, 0.05) is 11.1 Å². The molecule has 3 nitrogen and oxygen atoms in total. The van der Waals surface area contributed by atoms with Crippen molar-refractivity contribution in [2.24, 2.45) is 0 Å². The van der Waals surface area contributed by atoms with Gasteiger partial charge < -0.3 is 4.74 Å². The number of ketones is 1. The van der Waals surface area contributed by atoms with Crippen LogP contribution in [0.4, 0.5) is 0 Å². The summed E-state index contributed by atoms with van der Waals surface area (Å²) in [4.78, 5) is 21.8. The molecular formula is C10H9BrO3. The van der Waals surface area contributed by atoms with Crippen LogP contribution in [0, 0.1) is 0 Å². The molecule has 0 saturated heterocycles. The van der Waals surface area contributed by atoms with Crippen LogP contribution in [0.1, 0.15) is 27.6 Å². The highest BCUT2D eigenvalue weighted by Crippen LogP contribution is 2.30. The van der Waals surface area contributed by atoms with Gasteiger partial charge in [-0.25, -0.2) is 0 Å². The van der Waals surface area contributed by atoms with E-state index in [9.17, 15) is 9.59 Å². The van der Waals surface area contributed by atoms with Crippen molar-refractivity contribution in [3.8, 4) is 5.75 Å². The van der Waals surface area contributed by atoms with Crippen molar-refractivity contribution in [2.45, 2.75) is 6.92 Å². The van der Waals surface area contributed by atoms with Crippen LogP contribution < -0.4 is 4.74 Å². The monoisotopic (exact) mass is 256 g/mol. The van der Waals surface area contributed by atoms with Crippen LogP contribution in [-0.4, -0.2) is 19.2 Å². The molecule has 0 fully saturated rings. The molecule has 1 aromatic carbocycles. The Morgan fingerprint density at radius 1 is 1.50 bits per heavy atom. The molecule has 0 aromatic heterocycles. The van der Waals surface area contributed by atoms with Crippen LogP contribution in [0.5, 0.6) is 5.75 Å². The average Bonchev–Trinajstić information content (AvgIpc) is 2.17. The molecule has 0 bridgehead atoms. The molecule has 14 heavy (non-hydrogen) atoms. The van der Waals surface area contributed by atoms with E-state index in [0.717, 1.165) is 0 Å². The molecule has 4 heteroatoms. The Labute approximate surface area is 90.2 Å². The van der Waals surface area contributed by atoms with Crippen molar-refractivity contribution >= 4 is 28.0 Å². The standard InChI is InChI=1S/C10H9BrO3/c1-6(13)8-3-7(5-12)4-9(14-2)10(8)11/h3-5H,1-2H3. The van der Waals surface area contributed by atoms with Gasteiger partial charge in [0.25, 0.3) is 0 Å². The maximum Gasteiger partial charge on any atom is 0.161 e. The smallest absolute Gasteiger partial charge is 0.161 e. The highest BCUT2D eigenvalue weighted by Gasteiger charge is 2.12. The van der Waals surface area contributed by atoms with Gasteiger partial charge in [-0.15, -0.1) is 0 Å². The van der Waals surface area contributed by atoms with Crippen molar-refractivity contribution in [1.82, 2.24) is 0 Å². The zero-order valence-electron chi connectivity index (χ0n) is 7.83. The van der Waals surface area contributed by atoms with Gasteiger partial charge in [0.1, 0.15) is 12.0 Å². The molecule has 1 aromatic rings. The lowest BCUT2D eigenvalue weighted by atomic mass is 10.1. The highest BCUT2D eigenvalue weighted by atomic mass is 79.9. The first kappa shape index (κ1) is 10.9. The molecule has 0 aliphatic rings. The molecule has 0 N–H and O–H groups in total. The van der Waals surface area contributed by atoms with E-state index in [-0.39, 0.29) is 5.78 Å². The Balaban J connectivity index is 3.41. The fourth-order valence-electron chi connectivity index (χ4n) is 1.09. The lowest BCUT2D eigenvalue weighted by Crippen LogP contribution is -1.98. The molecule has 1 rings (SSSR count). The third-order valence-electron chi connectivity index (χ3n) is 1.80. The van der Waals surface area contributed by atoms with Crippen molar-refractivity contribution in [3.05, 3.63) is 27.7 Å². The Morgan fingerprint density at radius 3 is 2.57 bits per heavy atom. The molecule has 0 saturated carbocycles. The summed E-state index contributed by atoms with van der Waals surface area (Å²) < 4.78 is 5.60. The summed E-state index contributed by atoms with van der Waals surface area (Å²) in [6.07, 6.45) is 0.682. The molecular weight excluding hydrogens is 248 g/mol. The van der Waals surface area contributed by atoms with Gasteiger partial charge >= 0.3 is 0 Å². The highest BCUT2D eigenvalue weighted by molar-refractivity contribution is 9.10. The molecule has 74 valence electrons. The number of aldehydes is 1. The van der Waals surface area contributed by atoms with E-state index in [4.69, 9.17) is 4.74 Å². The molecule has 0 atom stereocenters. The SMILES string of the molecule is COc1cc(C=O)cc(C(C)=O)c1Br. The lowest BCUT2D eigenvalue weighted by molar-refractivity contribution is 0.101. The van der Waals surface area contributed by atoms with E-state index in [1.807, 2.05) is 0 Å². The van der Waals surface area contributed by atoms with E-state index in [1.165, 1.54) is 20.1 Å². The van der Waals surface area contributed by atoms with Gasteiger partial charge in [-0.2, -0.15) is 0 Å². The Bertz CT molecular complexity index is 385. The minimum absolute atomic E-state index is 0.112. The van der Waals surface area contributed by atoms with Crippen molar-refractivity contribution in [2.75, 3.05) is 7.11 Å². The van der Waals surface area contributed by atoms with Crippen LogP contribution in [0.2, 0.25) is 0 Å². The number of rotatable bonds is 3. The van der Waals surface area contributed by atoms with Gasteiger partial charge in [0.15, 0.2) is 5.78 Å². The summed E-state index contributed by atoms with van der Waals surface area (Å²) in [6, 6.07) is 3.10. The first-order valence-corrected chi connectivity index (χ1v) is 4.73. The van der Waals surface area contributed by atoms with E-state index < -0.39 is 0 Å². The number of halogens is 1. The second kappa shape index (κ2) is 4.37. The van der Waals surface area contributed by atoms with E-state index in [1.54, 1.807) is 6.07 Å². The van der Waals surface area contributed by atoms with E-state index >= 15 is 0 Å². The number of benzene rings is 1.